The minimum atomic E-state index is -1.97. The van der Waals surface area contributed by atoms with E-state index in [9.17, 15) is 29.8 Å². The van der Waals surface area contributed by atoms with Gasteiger partial charge in [-0.05, 0) is 17.2 Å². The molecule has 3 aliphatic carbocycles. The Morgan fingerprint density at radius 2 is 1.49 bits per heavy atom. The van der Waals surface area contributed by atoms with Crippen molar-refractivity contribution in [2.24, 2.45) is 11.8 Å². The number of rotatable bonds is 4. The number of anilines is 1. The van der Waals surface area contributed by atoms with Crippen LogP contribution in [0, 0.1) is 32.1 Å². The van der Waals surface area contributed by atoms with Crippen LogP contribution in [0.15, 0.2) is 66.7 Å². The first kappa shape index (κ1) is 21.0. The Labute approximate surface area is 198 Å². The monoisotopic (exact) mass is 471 g/mol. The Morgan fingerprint density at radius 3 is 2.03 bits per heavy atom. The van der Waals surface area contributed by atoms with Gasteiger partial charge in [-0.25, -0.2) is 4.90 Å². The number of hydrogen-bond donors (Lipinski definition) is 0. The van der Waals surface area contributed by atoms with Crippen LogP contribution in [-0.2, 0) is 15.1 Å². The summed E-state index contributed by atoms with van der Waals surface area (Å²) in [6.45, 7) is 0. The van der Waals surface area contributed by atoms with Crippen molar-refractivity contribution in [2.75, 3.05) is 12.0 Å². The molecule has 2 amide bonds. The van der Waals surface area contributed by atoms with Crippen molar-refractivity contribution in [3.8, 4) is 5.75 Å². The van der Waals surface area contributed by atoms with Gasteiger partial charge in [-0.3, -0.25) is 29.8 Å². The smallest absolute Gasteiger partial charge is 0.285 e. The molecule has 1 heterocycles. The molecule has 10 heteroatoms. The first-order valence-electron chi connectivity index (χ1n) is 10.9. The van der Waals surface area contributed by atoms with Crippen LogP contribution in [0.4, 0.5) is 11.4 Å². The molecular weight excluding hydrogens is 454 g/mol. The molecule has 2 bridgehead atoms. The van der Waals surface area contributed by atoms with Crippen molar-refractivity contribution in [2.45, 2.75) is 11.5 Å². The van der Waals surface area contributed by atoms with E-state index in [1.165, 1.54) is 19.2 Å². The zero-order valence-corrected chi connectivity index (χ0v) is 18.3. The maximum Gasteiger partial charge on any atom is 0.285 e. The highest BCUT2D eigenvalue weighted by molar-refractivity contribution is 6.24. The minimum Gasteiger partial charge on any atom is -0.495 e. The van der Waals surface area contributed by atoms with Crippen LogP contribution in [0.5, 0.6) is 5.75 Å². The molecule has 174 valence electrons. The van der Waals surface area contributed by atoms with Gasteiger partial charge in [0.25, 0.3) is 11.2 Å². The average Bonchev–Trinajstić information content (AvgIpc) is 3.13. The Bertz CT molecular complexity index is 1440. The number of benzene rings is 3. The van der Waals surface area contributed by atoms with Crippen LogP contribution in [0.3, 0.4) is 0 Å². The van der Waals surface area contributed by atoms with Gasteiger partial charge in [0.1, 0.15) is 17.4 Å². The van der Waals surface area contributed by atoms with E-state index in [1.54, 1.807) is 48.5 Å². The molecule has 0 radical (unpaired) electrons. The molecule has 0 spiro atoms. The normalized spacial score (nSPS) is 25.6. The molecular formula is C25H17N3O7. The Balaban J connectivity index is 1.65. The van der Waals surface area contributed by atoms with E-state index in [2.05, 4.69) is 0 Å². The molecule has 0 unspecified atom stereocenters. The van der Waals surface area contributed by atoms with Gasteiger partial charge in [0.05, 0.1) is 18.0 Å². The van der Waals surface area contributed by atoms with Gasteiger partial charge in [-0.1, -0.05) is 48.5 Å². The summed E-state index contributed by atoms with van der Waals surface area (Å²) in [5.74, 6) is -4.26. The first-order valence-corrected chi connectivity index (χ1v) is 10.9. The highest BCUT2D eigenvalue weighted by atomic mass is 16.6. The first-order chi connectivity index (χ1) is 16.8. The van der Waals surface area contributed by atoms with Crippen LogP contribution in [0.1, 0.15) is 28.2 Å². The number of hydrogen-bond acceptors (Lipinski definition) is 7. The molecule has 0 aromatic heterocycles. The van der Waals surface area contributed by atoms with Crippen molar-refractivity contribution in [1.29, 1.82) is 0 Å². The topological polar surface area (TPSA) is 133 Å². The molecule has 0 saturated carbocycles. The number of nitro benzene ring substituents is 1. The van der Waals surface area contributed by atoms with Crippen molar-refractivity contribution in [1.82, 2.24) is 0 Å². The van der Waals surface area contributed by atoms with Crippen LogP contribution < -0.4 is 9.64 Å². The lowest BCUT2D eigenvalue weighted by Crippen LogP contribution is -2.57. The SMILES string of the molecule is COc1ccc([N+](=O)[O-])cc1N1C(=O)[C@@H]2C3c4ccccc4C([N+](=O)[O-])(c4ccccc43)[C@@H]2C1=O. The molecule has 4 aliphatic rings. The van der Waals surface area contributed by atoms with Crippen LogP contribution in [0.25, 0.3) is 0 Å². The fourth-order valence-corrected chi connectivity index (χ4v) is 6.25. The summed E-state index contributed by atoms with van der Waals surface area (Å²) in [7, 11) is 1.32. The van der Waals surface area contributed by atoms with Gasteiger partial charge >= 0.3 is 0 Å². The van der Waals surface area contributed by atoms with E-state index in [-0.39, 0.29) is 17.1 Å². The second-order valence-corrected chi connectivity index (χ2v) is 8.80. The van der Waals surface area contributed by atoms with Crippen molar-refractivity contribution in [3.63, 3.8) is 0 Å². The zero-order chi connectivity index (χ0) is 24.6. The van der Waals surface area contributed by atoms with Crippen LogP contribution in [-0.4, -0.2) is 28.8 Å². The predicted octanol–water partition coefficient (Wildman–Crippen LogP) is 3.39. The van der Waals surface area contributed by atoms with Crippen LogP contribution in [0.2, 0.25) is 0 Å². The maximum absolute atomic E-state index is 14.0. The number of carbonyl (C=O) groups is 2. The molecule has 0 N–H and O–H groups in total. The third-order valence-electron chi connectivity index (χ3n) is 7.48. The molecule has 1 fully saturated rings. The van der Waals surface area contributed by atoms with E-state index >= 15 is 0 Å². The third-order valence-corrected chi connectivity index (χ3v) is 7.48. The predicted molar refractivity (Wildman–Crippen MR) is 122 cm³/mol. The van der Waals surface area contributed by atoms with E-state index in [0.29, 0.717) is 22.3 Å². The Morgan fingerprint density at radius 1 is 0.886 bits per heavy atom. The van der Waals surface area contributed by atoms with Crippen molar-refractivity contribution in [3.05, 3.63) is 109 Å². The molecule has 1 saturated heterocycles. The number of amides is 2. The van der Waals surface area contributed by atoms with Crippen LogP contribution >= 0.6 is 0 Å². The van der Waals surface area contributed by atoms with E-state index in [4.69, 9.17) is 4.74 Å². The number of nitro groups is 2. The lowest BCUT2D eigenvalue weighted by atomic mass is 9.51. The summed E-state index contributed by atoms with van der Waals surface area (Å²) in [4.78, 5) is 52.1. The molecule has 7 rings (SSSR count). The maximum atomic E-state index is 14.0. The number of nitrogens with zero attached hydrogens (tertiary/aromatic N) is 3. The van der Waals surface area contributed by atoms with E-state index in [1.807, 2.05) is 0 Å². The number of imide groups is 1. The Hall–Kier alpha value is -4.60. The number of carbonyl (C=O) groups excluding carboxylic acids is 2. The van der Waals surface area contributed by atoms with Gasteiger partial charge in [0.15, 0.2) is 0 Å². The average molecular weight is 471 g/mol. The van der Waals surface area contributed by atoms with E-state index < -0.39 is 45.0 Å². The summed E-state index contributed by atoms with van der Waals surface area (Å²) in [5, 5.41) is 24.4. The molecule has 10 nitrogen and oxygen atoms in total. The summed E-state index contributed by atoms with van der Waals surface area (Å²) >= 11 is 0. The summed E-state index contributed by atoms with van der Waals surface area (Å²) in [6, 6.07) is 17.3. The standard InChI is InChI=1S/C25H17N3O7/c1-35-19-11-10-13(27(31)32)12-18(19)26-23(29)21-20-14-6-2-4-8-16(14)25(28(33)34,22(21)24(26)30)17-9-5-3-7-15(17)20/h2-12,20-22H,1H3/t20?,21-,22+,25?/m1/s1. The summed E-state index contributed by atoms with van der Waals surface area (Å²) in [5.41, 5.74) is -0.349. The second kappa shape index (κ2) is 6.95. The highest BCUT2D eigenvalue weighted by Crippen LogP contribution is 2.64. The van der Waals surface area contributed by atoms with Gasteiger partial charge in [0.2, 0.25) is 11.8 Å². The molecule has 3 aromatic rings. The fourth-order valence-electron chi connectivity index (χ4n) is 6.25. The Kier molecular flexibility index (Phi) is 4.17. The van der Waals surface area contributed by atoms with Crippen molar-refractivity contribution >= 4 is 23.2 Å². The summed E-state index contributed by atoms with van der Waals surface area (Å²) in [6.07, 6.45) is 0. The van der Waals surface area contributed by atoms with Crippen molar-refractivity contribution < 1.29 is 24.2 Å². The molecule has 2 atom stereocenters. The quantitative estimate of drug-likeness (QED) is 0.324. The minimum absolute atomic E-state index is 0.0773. The third kappa shape index (κ3) is 2.38. The molecule has 1 aliphatic heterocycles. The van der Waals surface area contributed by atoms with Gasteiger partial charge in [0, 0.05) is 34.1 Å². The lowest BCUT2D eigenvalue weighted by Gasteiger charge is -2.48. The number of ether oxygens (including phenoxy) is 1. The van der Waals surface area contributed by atoms with Gasteiger partial charge < -0.3 is 4.74 Å². The number of non-ortho nitro benzene ring substituents is 1. The lowest BCUT2D eigenvalue weighted by molar-refractivity contribution is -0.578. The highest BCUT2D eigenvalue weighted by Gasteiger charge is 2.75. The zero-order valence-electron chi connectivity index (χ0n) is 18.3. The number of methoxy groups -OCH3 is 1. The van der Waals surface area contributed by atoms with Gasteiger partial charge in [-0.15, -0.1) is 0 Å². The largest absolute Gasteiger partial charge is 0.495 e. The molecule has 3 aromatic carbocycles. The molecule has 35 heavy (non-hydrogen) atoms. The van der Waals surface area contributed by atoms with Gasteiger partial charge in [-0.2, -0.15) is 0 Å². The van der Waals surface area contributed by atoms with E-state index in [0.717, 1.165) is 11.0 Å². The summed E-state index contributed by atoms with van der Waals surface area (Å²) < 4.78 is 5.31. The fraction of sp³-hybridized carbons (Fsp3) is 0.200. The second-order valence-electron chi connectivity index (χ2n) is 8.80.